The minimum absolute atomic E-state index is 0.367. The summed E-state index contributed by atoms with van der Waals surface area (Å²) in [4.78, 5) is 0. The van der Waals surface area contributed by atoms with Crippen LogP contribution >= 0.6 is 0 Å². The van der Waals surface area contributed by atoms with Gasteiger partial charge in [-0.1, -0.05) is 46.8 Å². The molecule has 0 heteroatoms. The second-order valence-corrected chi connectivity index (χ2v) is 5.81. The zero-order valence-corrected chi connectivity index (χ0v) is 11.4. The first kappa shape index (κ1) is 11.7. The molecule has 0 N–H and O–H groups in total. The van der Waals surface area contributed by atoms with Gasteiger partial charge in [0.1, 0.15) is 0 Å². The molecule has 1 aromatic rings. The first-order chi connectivity index (χ1) is 7.50. The van der Waals surface area contributed by atoms with Crippen LogP contribution in [0.1, 0.15) is 56.9 Å². The predicted molar refractivity (Wildman–Crippen MR) is 71.1 cm³/mol. The Morgan fingerprint density at radius 1 is 1.12 bits per heavy atom. The van der Waals surface area contributed by atoms with E-state index in [0.29, 0.717) is 5.41 Å². The summed E-state index contributed by atoms with van der Waals surface area (Å²) in [6, 6.07) is 4.96. The van der Waals surface area contributed by atoms with Crippen molar-refractivity contribution < 1.29 is 0 Å². The molecule has 0 aromatic heterocycles. The molecular weight excluding hydrogens is 192 g/mol. The molecule has 0 aliphatic heterocycles. The van der Waals surface area contributed by atoms with E-state index in [-0.39, 0.29) is 0 Å². The van der Waals surface area contributed by atoms with E-state index in [1.54, 1.807) is 22.3 Å². The van der Waals surface area contributed by atoms with Crippen LogP contribution in [0.4, 0.5) is 0 Å². The highest BCUT2D eigenvalue weighted by molar-refractivity contribution is 5.46. The van der Waals surface area contributed by atoms with Gasteiger partial charge in [-0.2, -0.15) is 0 Å². The Hall–Kier alpha value is -0.780. The van der Waals surface area contributed by atoms with Gasteiger partial charge >= 0.3 is 0 Å². The van der Waals surface area contributed by atoms with Gasteiger partial charge in [-0.15, -0.1) is 0 Å². The van der Waals surface area contributed by atoms with Crippen molar-refractivity contribution in [3.8, 4) is 0 Å². The van der Waals surface area contributed by atoms with Crippen LogP contribution < -0.4 is 0 Å². The van der Waals surface area contributed by atoms with Crippen LogP contribution in [0.15, 0.2) is 12.1 Å². The van der Waals surface area contributed by atoms with E-state index >= 15 is 0 Å². The Morgan fingerprint density at radius 3 is 2.25 bits per heavy atom. The summed E-state index contributed by atoms with van der Waals surface area (Å²) in [6.07, 6.45) is 3.60. The zero-order chi connectivity index (χ0) is 11.9. The van der Waals surface area contributed by atoms with Crippen LogP contribution in [0.2, 0.25) is 0 Å². The van der Waals surface area contributed by atoms with Crippen molar-refractivity contribution in [1.29, 1.82) is 0 Å². The summed E-state index contributed by atoms with van der Waals surface area (Å²) >= 11 is 0. The number of hydrogen-bond donors (Lipinski definition) is 0. The Kier molecular flexibility index (Phi) is 2.86. The minimum Gasteiger partial charge on any atom is -0.0614 e. The molecule has 0 spiro atoms. The van der Waals surface area contributed by atoms with Gasteiger partial charge in [-0.3, -0.25) is 0 Å². The molecule has 1 atom stereocenters. The fraction of sp³-hybridized carbons (Fsp3) is 0.625. The number of aryl methyl sites for hydroxylation is 2. The molecule has 16 heavy (non-hydrogen) atoms. The van der Waals surface area contributed by atoms with Gasteiger partial charge in [0.15, 0.2) is 0 Å². The van der Waals surface area contributed by atoms with Crippen LogP contribution in [0.3, 0.4) is 0 Å². The molecule has 1 unspecified atom stereocenters. The van der Waals surface area contributed by atoms with Crippen LogP contribution in [0.5, 0.6) is 0 Å². The Balaban J connectivity index is 2.56. The second kappa shape index (κ2) is 3.91. The van der Waals surface area contributed by atoms with E-state index < -0.39 is 0 Å². The molecular formula is C16H24. The first-order valence-corrected chi connectivity index (χ1v) is 6.65. The molecule has 0 saturated carbocycles. The summed E-state index contributed by atoms with van der Waals surface area (Å²) in [6.45, 7) is 11.7. The van der Waals surface area contributed by atoms with Crippen molar-refractivity contribution in [3.63, 3.8) is 0 Å². The fourth-order valence-corrected chi connectivity index (χ4v) is 3.02. The van der Waals surface area contributed by atoms with Crippen molar-refractivity contribution in [3.05, 3.63) is 34.4 Å². The highest BCUT2D eigenvalue weighted by atomic mass is 14.4. The summed E-state index contributed by atoms with van der Waals surface area (Å²) in [5, 5.41) is 0. The Morgan fingerprint density at radius 2 is 1.69 bits per heavy atom. The molecule has 1 aromatic carbocycles. The maximum atomic E-state index is 2.48. The lowest BCUT2D eigenvalue weighted by Crippen LogP contribution is -2.21. The third-order valence-corrected chi connectivity index (χ3v) is 4.64. The van der Waals surface area contributed by atoms with Gasteiger partial charge in [-0.25, -0.2) is 0 Å². The summed E-state index contributed by atoms with van der Waals surface area (Å²) in [5.41, 5.74) is 6.70. The minimum atomic E-state index is 0.367. The third-order valence-electron chi connectivity index (χ3n) is 4.64. The van der Waals surface area contributed by atoms with E-state index in [1.165, 1.54) is 19.3 Å². The Labute approximate surface area is 100 Å². The molecule has 2 rings (SSSR count). The van der Waals surface area contributed by atoms with Crippen molar-refractivity contribution in [2.45, 2.75) is 59.3 Å². The summed E-state index contributed by atoms with van der Waals surface area (Å²) in [7, 11) is 0. The van der Waals surface area contributed by atoms with Gasteiger partial charge in [0, 0.05) is 0 Å². The van der Waals surface area contributed by atoms with Crippen molar-refractivity contribution in [1.82, 2.24) is 0 Å². The monoisotopic (exact) mass is 216 g/mol. The average molecular weight is 216 g/mol. The van der Waals surface area contributed by atoms with Crippen molar-refractivity contribution >= 4 is 0 Å². The predicted octanol–water partition coefficient (Wildman–Crippen LogP) is 4.28. The topological polar surface area (TPSA) is 0 Å². The summed E-state index contributed by atoms with van der Waals surface area (Å²) < 4.78 is 0. The lowest BCUT2D eigenvalue weighted by molar-refractivity contribution is 0.379. The third kappa shape index (κ3) is 1.59. The number of benzene rings is 1. The average Bonchev–Trinajstić information content (AvgIpc) is 2.48. The SMILES string of the molecule is CCc1cc2c(cc1CC)C(C)(C)C(C)C2. The van der Waals surface area contributed by atoms with Gasteiger partial charge < -0.3 is 0 Å². The molecule has 1 aliphatic rings. The highest BCUT2D eigenvalue weighted by Crippen LogP contribution is 2.43. The molecule has 0 heterocycles. The zero-order valence-electron chi connectivity index (χ0n) is 11.4. The molecule has 0 fully saturated rings. The van der Waals surface area contributed by atoms with E-state index in [4.69, 9.17) is 0 Å². The van der Waals surface area contributed by atoms with E-state index in [2.05, 4.69) is 46.8 Å². The molecule has 0 radical (unpaired) electrons. The van der Waals surface area contributed by atoms with Crippen LogP contribution in [-0.2, 0) is 24.7 Å². The first-order valence-electron chi connectivity index (χ1n) is 6.65. The molecule has 1 aliphatic carbocycles. The maximum absolute atomic E-state index is 2.48. The maximum Gasteiger partial charge on any atom is -0.00719 e. The van der Waals surface area contributed by atoms with Gasteiger partial charge in [0.2, 0.25) is 0 Å². The van der Waals surface area contributed by atoms with Crippen LogP contribution in [-0.4, -0.2) is 0 Å². The quantitative estimate of drug-likeness (QED) is 0.692. The van der Waals surface area contributed by atoms with Gasteiger partial charge in [0.25, 0.3) is 0 Å². The highest BCUT2D eigenvalue weighted by Gasteiger charge is 2.36. The summed E-state index contributed by atoms with van der Waals surface area (Å²) in [5.74, 6) is 0.777. The fourth-order valence-electron chi connectivity index (χ4n) is 3.02. The van der Waals surface area contributed by atoms with E-state index in [0.717, 1.165) is 5.92 Å². The number of hydrogen-bond acceptors (Lipinski definition) is 0. The molecule has 0 nitrogen and oxygen atoms in total. The molecule has 0 bridgehead atoms. The van der Waals surface area contributed by atoms with Crippen molar-refractivity contribution in [2.75, 3.05) is 0 Å². The number of fused-ring (bicyclic) bond motifs is 1. The molecule has 0 amide bonds. The standard InChI is InChI=1S/C16H24/c1-6-12-9-14-8-11(3)16(4,5)15(14)10-13(12)7-2/h9-11H,6-8H2,1-5H3. The largest absolute Gasteiger partial charge is 0.0614 e. The smallest absolute Gasteiger partial charge is 0.00719 e. The lowest BCUT2D eigenvalue weighted by atomic mass is 9.79. The van der Waals surface area contributed by atoms with Crippen LogP contribution in [0, 0.1) is 5.92 Å². The Bertz CT molecular complexity index is 399. The molecule has 0 saturated heterocycles. The lowest BCUT2D eigenvalue weighted by Gasteiger charge is -2.25. The van der Waals surface area contributed by atoms with E-state index in [1.807, 2.05) is 0 Å². The van der Waals surface area contributed by atoms with Crippen molar-refractivity contribution in [2.24, 2.45) is 5.92 Å². The van der Waals surface area contributed by atoms with Gasteiger partial charge in [0.05, 0.1) is 0 Å². The second-order valence-electron chi connectivity index (χ2n) is 5.81. The van der Waals surface area contributed by atoms with Gasteiger partial charge in [-0.05, 0) is 52.8 Å². The van der Waals surface area contributed by atoms with Crippen LogP contribution in [0.25, 0.3) is 0 Å². The van der Waals surface area contributed by atoms with E-state index in [9.17, 15) is 0 Å². The number of rotatable bonds is 2. The molecule has 88 valence electrons. The normalized spacial score (nSPS) is 22.2.